The fourth-order valence-corrected chi connectivity index (χ4v) is 6.96. The topological polar surface area (TPSA) is 0 Å². The van der Waals surface area contributed by atoms with E-state index >= 15 is 0 Å². The molecule has 0 aliphatic rings. The van der Waals surface area contributed by atoms with Crippen molar-refractivity contribution in [1.82, 2.24) is 0 Å². The van der Waals surface area contributed by atoms with E-state index in [0.29, 0.717) is 0 Å². The van der Waals surface area contributed by atoms with Gasteiger partial charge < -0.3 is 0 Å². The summed E-state index contributed by atoms with van der Waals surface area (Å²) in [6.07, 6.45) is 0. The van der Waals surface area contributed by atoms with Gasteiger partial charge in [-0.1, -0.05) is 162 Å². The van der Waals surface area contributed by atoms with Gasteiger partial charge in [-0.05, 0) is 128 Å². The van der Waals surface area contributed by atoms with Gasteiger partial charge >= 0.3 is 0 Å². The van der Waals surface area contributed by atoms with Crippen molar-refractivity contribution < 1.29 is 0 Å². The molecule has 0 bridgehead atoms. The zero-order valence-electron chi connectivity index (χ0n) is 33.2. The highest BCUT2D eigenvalue weighted by molar-refractivity contribution is 6.08. The molecular formula is C56H46. The molecular weight excluding hydrogens is 673 g/mol. The average Bonchev–Trinajstić information content (AvgIpc) is 3.20. The molecule has 7 aromatic rings. The Morgan fingerprint density at radius 1 is 0.321 bits per heavy atom. The zero-order chi connectivity index (χ0) is 39.1. The summed E-state index contributed by atoms with van der Waals surface area (Å²) in [6.45, 7) is 13.7. The van der Waals surface area contributed by atoms with Crippen molar-refractivity contribution in [3.05, 3.63) is 202 Å². The molecule has 7 aromatic carbocycles. The van der Waals surface area contributed by atoms with Crippen LogP contribution in [0.15, 0.2) is 158 Å². The molecule has 2 unspecified atom stereocenters. The van der Waals surface area contributed by atoms with Gasteiger partial charge in [0.05, 0.1) is 11.8 Å². The van der Waals surface area contributed by atoms with Gasteiger partial charge in [0.1, 0.15) is 0 Å². The first kappa shape index (κ1) is 37.6. The molecule has 0 heteroatoms. The fourth-order valence-electron chi connectivity index (χ4n) is 6.96. The third-order valence-electron chi connectivity index (χ3n) is 10.0. The largest absolute Gasteiger partial charge is 0.0891 e. The molecule has 56 heavy (non-hydrogen) atoms. The molecule has 0 saturated carbocycles. The summed E-state index contributed by atoms with van der Waals surface area (Å²) in [5, 5.41) is 4.93. The van der Waals surface area contributed by atoms with Crippen LogP contribution in [0.2, 0.25) is 0 Å². The predicted octanol–water partition coefficient (Wildman–Crippen LogP) is 13.2. The zero-order valence-corrected chi connectivity index (χ0v) is 33.2. The summed E-state index contributed by atoms with van der Waals surface area (Å²) in [4.78, 5) is 0. The maximum Gasteiger partial charge on any atom is 0.0504 e. The van der Waals surface area contributed by atoms with Crippen LogP contribution in [0, 0.1) is 58.2 Å². The van der Waals surface area contributed by atoms with Crippen molar-refractivity contribution in [3.8, 4) is 47.4 Å². The molecule has 270 valence electrons. The molecule has 0 saturated heterocycles. The normalized spacial score (nSPS) is 12.1. The van der Waals surface area contributed by atoms with Gasteiger partial charge in [-0.25, -0.2) is 0 Å². The summed E-state index contributed by atoms with van der Waals surface area (Å²) >= 11 is 0. The first-order valence-corrected chi connectivity index (χ1v) is 19.3. The Hall–Kier alpha value is -6.70. The lowest BCUT2D eigenvalue weighted by Crippen LogP contribution is -2.17. The minimum absolute atomic E-state index is 0.0341. The van der Waals surface area contributed by atoms with Crippen molar-refractivity contribution in [2.45, 2.75) is 53.4 Å². The van der Waals surface area contributed by atoms with Crippen molar-refractivity contribution in [2.24, 2.45) is 10.8 Å². The third-order valence-corrected chi connectivity index (χ3v) is 10.0. The van der Waals surface area contributed by atoms with Gasteiger partial charge in [0, 0.05) is 33.4 Å². The molecule has 0 fully saturated rings. The van der Waals surface area contributed by atoms with E-state index in [1.54, 1.807) is 0 Å². The van der Waals surface area contributed by atoms with E-state index in [1.165, 1.54) is 32.7 Å². The lowest BCUT2D eigenvalue weighted by atomic mass is 9.75. The number of fused-ring (bicyclic) bond motifs is 3. The Morgan fingerprint density at radius 3 is 0.929 bits per heavy atom. The Labute approximate surface area is 334 Å². The summed E-state index contributed by atoms with van der Waals surface area (Å²) in [5.74, 6) is 27.4. The van der Waals surface area contributed by atoms with E-state index in [-0.39, 0.29) is 22.7 Å². The van der Waals surface area contributed by atoms with Gasteiger partial charge in [0.2, 0.25) is 0 Å². The molecule has 0 radical (unpaired) electrons. The lowest BCUT2D eigenvalue weighted by molar-refractivity contribution is 0.375. The average molecular weight is 719 g/mol. The van der Waals surface area contributed by atoms with E-state index in [0.717, 1.165) is 33.4 Å². The van der Waals surface area contributed by atoms with E-state index < -0.39 is 0 Å². The quantitative estimate of drug-likeness (QED) is 0.123. The molecule has 0 aliphatic carbocycles. The molecule has 0 spiro atoms. The first-order chi connectivity index (χ1) is 27.0. The van der Waals surface area contributed by atoms with Crippen LogP contribution in [0.3, 0.4) is 0 Å². The highest BCUT2D eigenvalue weighted by atomic mass is 14.3. The molecule has 0 aliphatic heterocycles. The minimum Gasteiger partial charge on any atom is -0.0891 e. The van der Waals surface area contributed by atoms with E-state index in [2.05, 4.69) is 186 Å². The first-order valence-electron chi connectivity index (χ1n) is 19.3. The Morgan fingerprint density at radius 2 is 0.607 bits per heavy atom. The highest BCUT2D eigenvalue weighted by Crippen LogP contribution is 2.40. The van der Waals surface area contributed by atoms with Crippen molar-refractivity contribution in [1.29, 1.82) is 0 Å². The van der Waals surface area contributed by atoms with Gasteiger partial charge in [-0.2, -0.15) is 0 Å². The second kappa shape index (κ2) is 16.3. The van der Waals surface area contributed by atoms with Gasteiger partial charge in [-0.3, -0.25) is 0 Å². The van der Waals surface area contributed by atoms with Crippen molar-refractivity contribution in [3.63, 3.8) is 0 Å². The van der Waals surface area contributed by atoms with E-state index in [9.17, 15) is 0 Å². The van der Waals surface area contributed by atoms with Crippen LogP contribution in [0.5, 0.6) is 0 Å². The predicted molar refractivity (Wildman–Crippen MR) is 237 cm³/mol. The number of hydrogen-bond donors (Lipinski definition) is 0. The van der Waals surface area contributed by atoms with Crippen molar-refractivity contribution in [2.75, 3.05) is 0 Å². The Kier molecular flexibility index (Phi) is 11.0. The number of benzene rings is 7. The number of rotatable bonds is 2. The maximum absolute atomic E-state index is 3.67. The van der Waals surface area contributed by atoms with Crippen LogP contribution in [0.4, 0.5) is 0 Å². The van der Waals surface area contributed by atoms with E-state index in [1.807, 2.05) is 60.7 Å². The molecule has 0 amide bonds. The van der Waals surface area contributed by atoms with Crippen LogP contribution < -0.4 is 0 Å². The van der Waals surface area contributed by atoms with Crippen LogP contribution in [-0.4, -0.2) is 0 Å². The molecule has 2 atom stereocenters. The van der Waals surface area contributed by atoms with Crippen LogP contribution in [0.25, 0.3) is 21.5 Å². The summed E-state index contributed by atoms with van der Waals surface area (Å²) in [7, 11) is 0. The number of hydrogen-bond acceptors (Lipinski definition) is 0. The Bertz CT molecular complexity index is 2550. The Balaban J connectivity index is 1.18. The van der Waals surface area contributed by atoms with Crippen LogP contribution >= 0.6 is 0 Å². The highest BCUT2D eigenvalue weighted by Gasteiger charge is 2.26. The minimum atomic E-state index is -0.0723. The monoisotopic (exact) mass is 718 g/mol. The maximum atomic E-state index is 3.67. The van der Waals surface area contributed by atoms with Crippen LogP contribution in [-0.2, 0) is 0 Å². The molecule has 0 nitrogen and oxygen atoms in total. The molecule has 0 aromatic heterocycles. The second-order valence-electron chi connectivity index (χ2n) is 16.6. The second-order valence-corrected chi connectivity index (χ2v) is 16.6. The third kappa shape index (κ3) is 9.32. The van der Waals surface area contributed by atoms with E-state index in [4.69, 9.17) is 0 Å². The van der Waals surface area contributed by atoms with Gasteiger partial charge in [-0.15, -0.1) is 0 Å². The smallest absolute Gasteiger partial charge is 0.0504 e. The molecule has 7 rings (SSSR count). The lowest BCUT2D eigenvalue weighted by Gasteiger charge is -2.28. The van der Waals surface area contributed by atoms with Crippen LogP contribution in [0.1, 0.15) is 97.9 Å². The SMILES string of the molecule is CC(C)(C)C(C#Cc1ccc(C#Cc2ccccc2)cc1)c1ccc2ccc3ccc(C(C#Cc4ccc(C#Cc5ccccc5)cc4)C(C)(C)C)cc3c2c1. The fraction of sp³-hybridized carbons (Fsp3) is 0.179. The summed E-state index contributed by atoms with van der Waals surface area (Å²) in [5.41, 5.74) is 8.26. The van der Waals surface area contributed by atoms with Gasteiger partial charge in [0.15, 0.2) is 0 Å². The summed E-state index contributed by atoms with van der Waals surface area (Å²) < 4.78 is 0. The van der Waals surface area contributed by atoms with Gasteiger partial charge in [0.25, 0.3) is 0 Å². The standard InChI is InChI=1S/C56H46/c1-55(2,3)53(37-29-45-25-21-43(22-26-45)19-17-41-13-9-7-10-14-41)49-35-33-47-31-32-48-34-36-50(40-52(48)51(47)39-49)54(56(4,5)6)38-30-46-27-23-44(24-28-46)20-18-42-15-11-8-12-16-42/h7-16,21-28,31-36,39-40,53-54H,1-6H3. The molecule has 0 N–H and O–H groups in total. The molecule has 0 heterocycles. The van der Waals surface area contributed by atoms with Crippen molar-refractivity contribution >= 4 is 21.5 Å². The summed E-state index contributed by atoms with van der Waals surface area (Å²) in [6, 6.07) is 54.9.